The van der Waals surface area contributed by atoms with Crippen LogP contribution in [0.5, 0.6) is 0 Å². The van der Waals surface area contributed by atoms with Gasteiger partial charge in [-0.15, -0.1) is 0 Å². The van der Waals surface area contributed by atoms with Gasteiger partial charge in [0.15, 0.2) is 6.10 Å². The van der Waals surface area contributed by atoms with E-state index in [0.29, 0.717) is 23.9 Å². The van der Waals surface area contributed by atoms with Gasteiger partial charge in [-0.3, -0.25) is 9.59 Å². The molecule has 0 aromatic carbocycles. The SMILES string of the molecule is CC/C=C\C/C=C\C/C=C\C/C=C\C/C=C\C/C=C\C/C=C\C/C=C\C/C=C\C/C=C\CCCCCCCCC(=O)OC(COC(=O)C/C=C\C/C=C\C/C=C\C/C=C\C/C=C\CC)COC(OCC[N+](C)(C)C)C(=O)O. The molecule has 2 unspecified atom stereocenters. The summed E-state index contributed by atoms with van der Waals surface area (Å²) < 4.78 is 22.7. The fourth-order valence-electron chi connectivity index (χ4n) is 6.82. The number of hydrogen-bond acceptors (Lipinski definition) is 7. The number of carboxylic acid groups (broad SMARTS) is 1. The lowest BCUT2D eigenvalue weighted by Gasteiger charge is -2.25. The molecule has 0 aromatic heterocycles. The fraction of sp³-hybridized carbons (Fsp3) is 0.515. The highest BCUT2D eigenvalue weighted by Gasteiger charge is 2.25. The second-order valence-electron chi connectivity index (χ2n) is 19.5. The van der Waals surface area contributed by atoms with Crippen molar-refractivity contribution in [2.75, 3.05) is 47.5 Å². The summed E-state index contributed by atoms with van der Waals surface area (Å²) in [6, 6.07) is 0. The molecule has 9 heteroatoms. The van der Waals surface area contributed by atoms with Crippen molar-refractivity contribution in [3.63, 3.8) is 0 Å². The van der Waals surface area contributed by atoms with Gasteiger partial charge in [0.25, 0.3) is 6.29 Å². The van der Waals surface area contributed by atoms with Gasteiger partial charge >= 0.3 is 17.9 Å². The molecule has 428 valence electrons. The van der Waals surface area contributed by atoms with Crippen molar-refractivity contribution in [1.29, 1.82) is 0 Å². The molecule has 0 amide bonds. The molecule has 0 aliphatic carbocycles. The largest absolute Gasteiger partial charge is 0.477 e. The molecule has 0 heterocycles. The molecule has 0 fully saturated rings. The molecule has 0 saturated heterocycles. The Hall–Kier alpha value is -5.61. The van der Waals surface area contributed by atoms with Crippen LogP contribution >= 0.6 is 0 Å². The molecule has 77 heavy (non-hydrogen) atoms. The predicted octanol–water partition coefficient (Wildman–Crippen LogP) is 17.3. The summed E-state index contributed by atoms with van der Waals surface area (Å²) in [4.78, 5) is 37.3. The Balaban J connectivity index is 4.33. The highest BCUT2D eigenvalue weighted by molar-refractivity contribution is 5.72. The van der Waals surface area contributed by atoms with Crippen LogP contribution in [0.3, 0.4) is 0 Å². The topological polar surface area (TPSA) is 108 Å². The second kappa shape index (κ2) is 56.6. The Labute approximate surface area is 469 Å². The van der Waals surface area contributed by atoms with Crippen molar-refractivity contribution >= 4 is 17.9 Å². The van der Waals surface area contributed by atoms with Gasteiger partial charge in [-0.2, -0.15) is 0 Å². The van der Waals surface area contributed by atoms with E-state index in [2.05, 4.69) is 178 Å². The first kappa shape index (κ1) is 71.4. The lowest BCUT2D eigenvalue weighted by molar-refractivity contribution is -0.870. The molecule has 0 aromatic rings. The average Bonchev–Trinajstić information content (AvgIpc) is 3.40. The number of quaternary nitrogens is 1. The third kappa shape index (κ3) is 57.9. The number of aliphatic carboxylic acids is 1. The van der Waals surface area contributed by atoms with Crippen molar-refractivity contribution in [3.8, 4) is 0 Å². The third-order valence-corrected chi connectivity index (χ3v) is 11.2. The molecule has 0 bridgehead atoms. The zero-order valence-corrected chi connectivity index (χ0v) is 48.5. The first-order chi connectivity index (χ1) is 37.6. The first-order valence-corrected chi connectivity index (χ1v) is 28.9. The number of rotatable bonds is 50. The van der Waals surface area contributed by atoms with Crippen molar-refractivity contribution in [1.82, 2.24) is 0 Å². The van der Waals surface area contributed by atoms with Gasteiger partial charge in [-0.1, -0.05) is 222 Å². The highest BCUT2D eigenvalue weighted by atomic mass is 16.7. The average molecular weight is 1060 g/mol. The van der Waals surface area contributed by atoms with E-state index in [1.165, 1.54) is 0 Å². The molecule has 0 spiro atoms. The van der Waals surface area contributed by atoms with Crippen LogP contribution in [0.4, 0.5) is 0 Å². The van der Waals surface area contributed by atoms with E-state index in [4.69, 9.17) is 18.9 Å². The summed E-state index contributed by atoms with van der Waals surface area (Å²) in [5, 5.41) is 9.68. The van der Waals surface area contributed by atoms with Crippen molar-refractivity contribution in [3.05, 3.63) is 182 Å². The Kier molecular flexibility index (Phi) is 52.5. The van der Waals surface area contributed by atoms with Crippen LogP contribution in [0.2, 0.25) is 0 Å². The van der Waals surface area contributed by atoms with Gasteiger partial charge in [0.05, 0.1) is 40.8 Å². The van der Waals surface area contributed by atoms with E-state index in [1.54, 1.807) is 6.08 Å². The van der Waals surface area contributed by atoms with Crippen molar-refractivity contribution in [2.24, 2.45) is 0 Å². The molecule has 2 atom stereocenters. The monoisotopic (exact) mass is 1060 g/mol. The van der Waals surface area contributed by atoms with Gasteiger partial charge < -0.3 is 28.5 Å². The molecule has 0 aliphatic rings. The Morgan fingerprint density at radius 3 is 1.10 bits per heavy atom. The second-order valence-corrected chi connectivity index (χ2v) is 19.5. The van der Waals surface area contributed by atoms with E-state index in [0.717, 1.165) is 128 Å². The summed E-state index contributed by atoms with van der Waals surface area (Å²) in [7, 11) is 5.92. The summed E-state index contributed by atoms with van der Waals surface area (Å²) in [5.41, 5.74) is 0. The molecule has 1 N–H and O–H groups in total. The minimum absolute atomic E-state index is 0.0554. The lowest BCUT2D eigenvalue weighted by Crippen LogP contribution is -2.40. The molecule has 0 aliphatic heterocycles. The van der Waals surface area contributed by atoms with Crippen LogP contribution < -0.4 is 0 Å². The van der Waals surface area contributed by atoms with E-state index in [-0.39, 0.29) is 32.7 Å². The zero-order chi connectivity index (χ0) is 56.2. The molecule has 9 nitrogen and oxygen atoms in total. The maximum atomic E-state index is 12.9. The minimum Gasteiger partial charge on any atom is -0.477 e. The van der Waals surface area contributed by atoms with Crippen LogP contribution in [-0.2, 0) is 33.3 Å². The minimum atomic E-state index is -1.55. The first-order valence-electron chi connectivity index (χ1n) is 28.9. The number of unbranched alkanes of at least 4 members (excludes halogenated alkanes) is 6. The normalized spacial score (nSPS) is 14.1. The van der Waals surface area contributed by atoms with Gasteiger partial charge in [0.2, 0.25) is 0 Å². The standard InChI is InChI=1S/C68H103NO8/c1-6-8-10-12-14-16-18-20-22-23-24-25-26-27-28-29-30-31-32-33-34-35-36-37-38-39-40-41-42-43-45-47-49-51-53-55-57-59-66(71)77-64(63-76-68(67(72)73)74-61-60-69(3,4)5)62-75-65(70)58-56-54-52-50-48-46-44-21-19-17-15-13-11-9-7-2/h8-11,14-17,20-22,24-25,27-28,30-31,33-34,36-37,39-40,42-44,48,50,54,56,64,68H,6-7,12-13,18-19,23,26,29,32,35,38,41,45-47,49,51-53,55,57-63H2,1-5H3/p+1/b10-8-,11-9-,16-14-,17-15-,22-20-,25-24-,28-27-,31-30-,34-33-,37-36-,40-39-,43-42-,44-21-,50-48-,56-54-. The number of likely N-dealkylation sites (N-methyl/N-ethyl adjacent to an activating group) is 1. The Morgan fingerprint density at radius 2 is 0.740 bits per heavy atom. The summed E-state index contributed by atoms with van der Waals surface area (Å²) >= 11 is 0. The number of carbonyl (C=O) groups is 3. The number of ether oxygens (including phenoxy) is 4. The smallest absolute Gasteiger partial charge is 0.361 e. The number of carboxylic acids is 1. The van der Waals surface area contributed by atoms with Crippen molar-refractivity contribution < 1.29 is 42.9 Å². The van der Waals surface area contributed by atoms with E-state index in [9.17, 15) is 19.5 Å². The summed E-state index contributed by atoms with van der Waals surface area (Å²) in [5.74, 6) is -2.22. The number of allylic oxidation sites excluding steroid dienone is 29. The maximum Gasteiger partial charge on any atom is 0.361 e. The Bertz CT molecular complexity index is 1910. The summed E-state index contributed by atoms with van der Waals surface area (Å²) in [6.07, 6.45) is 84.4. The molecule has 0 saturated carbocycles. The predicted molar refractivity (Wildman–Crippen MR) is 326 cm³/mol. The van der Waals surface area contributed by atoms with Crippen LogP contribution in [-0.4, -0.2) is 87.4 Å². The van der Waals surface area contributed by atoms with Gasteiger partial charge in [-0.25, -0.2) is 4.79 Å². The zero-order valence-electron chi connectivity index (χ0n) is 48.5. The highest BCUT2D eigenvalue weighted by Crippen LogP contribution is 2.12. The van der Waals surface area contributed by atoms with Gasteiger partial charge in [-0.05, 0) is 116 Å². The van der Waals surface area contributed by atoms with Crippen LogP contribution in [0, 0.1) is 0 Å². The third-order valence-electron chi connectivity index (χ3n) is 11.2. The van der Waals surface area contributed by atoms with Crippen molar-refractivity contribution in [2.45, 2.75) is 180 Å². The van der Waals surface area contributed by atoms with Crippen LogP contribution in [0.15, 0.2) is 182 Å². The molecule has 0 radical (unpaired) electrons. The number of hydrogen-bond donors (Lipinski definition) is 1. The molecular formula is C68H104NO8+. The summed E-state index contributed by atoms with van der Waals surface area (Å²) in [6.45, 7) is 4.47. The lowest BCUT2D eigenvalue weighted by atomic mass is 10.1. The molecule has 0 rings (SSSR count). The van der Waals surface area contributed by atoms with E-state index in [1.807, 2.05) is 33.3 Å². The maximum absolute atomic E-state index is 12.9. The quantitative estimate of drug-likeness (QED) is 0.0211. The Morgan fingerprint density at radius 1 is 0.403 bits per heavy atom. The number of carbonyl (C=O) groups excluding carboxylic acids is 2. The van der Waals surface area contributed by atoms with Gasteiger partial charge in [0.1, 0.15) is 13.2 Å². The number of nitrogens with zero attached hydrogens (tertiary/aromatic N) is 1. The fourth-order valence-corrected chi connectivity index (χ4v) is 6.82. The van der Waals surface area contributed by atoms with Crippen LogP contribution in [0.25, 0.3) is 0 Å². The van der Waals surface area contributed by atoms with Gasteiger partial charge in [0, 0.05) is 6.42 Å². The van der Waals surface area contributed by atoms with Crippen LogP contribution in [0.1, 0.15) is 168 Å². The number of esters is 2. The molecular weight excluding hydrogens is 959 g/mol. The van der Waals surface area contributed by atoms with E-state index >= 15 is 0 Å². The van der Waals surface area contributed by atoms with E-state index < -0.39 is 30.3 Å².